The van der Waals surface area contributed by atoms with Gasteiger partial charge in [0, 0.05) is 23.2 Å². The van der Waals surface area contributed by atoms with Gasteiger partial charge in [-0.1, -0.05) is 44.2 Å². The average molecular weight is 775 g/mol. The Kier molecular flexibility index (Phi) is 11.3. The summed E-state index contributed by atoms with van der Waals surface area (Å²) in [6, 6.07) is 15.1. The second-order valence-electron chi connectivity index (χ2n) is 13.6. The van der Waals surface area contributed by atoms with Gasteiger partial charge in [-0.15, -0.1) is 37.2 Å². The molecule has 5 aromatic rings. The maximum absolute atomic E-state index is 16.2. The van der Waals surface area contributed by atoms with Crippen LogP contribution in [0.5, 0.6) is 0 Å². The molecular formula is C37H40Cl3F2N7O3. The lowest BCUT2D eigenvalue weighted by molar-refractivity contribution is -0.135. The first-order valence-electron chi connectivity index (χ1n) is 16.8. The second-order valence-corrected chi connectivity index (χ2v) is 13.6. The Balaban J connectivity index is 0.00000174. The Bertz CT molecular complexity index is 2120. The number of carboxylic acid groups (broad SMARTS) is 1. The van der Waals surface area contributed by atoms with Crippen LogP contribution in [0.3, 0.4) is 0 Å². The standard InChI is InChI=1S/C37H37F2N7O3.3ClH/c1-19(2)32(45-36(48)49)35(47)46-14-4-6-31(46)34-41-18-30(44-34)22-8-11-24-23-10-7-20(15-25(23)37(38,39)26(24)16-22)21-9-12-27-29(17-21)43-33(42-27)28-5-3-13-40-28;;;/h7-12,15-19,28,31-32,40,45H,3-6,13-14H2,1-2H3,(H,41,44)(H,42,43)(H,48,49);3*1H/t28-,31-,32?;;;/m0.../s1. The van der Waals surface area contributed by atoms with E-state index < -0.39 is 18.1 Å². The van der Waals surface area contributed by atoms with E-state index in [2.05, 4.69) is 25.6 Å². The quantitative estimate of drug-likeness (QED) is 0.113. The number of nitrogens with one attached hydrogen (secondary N) is 4. The third kappa shape index (κ3) is 6.73. The lowest BCUT2D eigenvalue weighted by Gasteiger charge is -2.29. The van der Waals surface area contributed by atoms with Crippen LogP contribution in [-0.4, -0.2) is 61.1 Å². The van der Waals surface area contributed by atoms with Gasteiger partial charge in [-0.25, -0.2) is 14.8 Å². The van der Waals surface area contributed by atoms with Gasteiger partial charge in [-0.2, -0.15) is 8.78 Å². The first-order valence-corrected chi connectivity index (χ1v) is 16.8. The van der Waals surface area contributed by atoms with E-state index in [4.69, 9.17) is 4.98 Å². The summed E-state index contributed by atoms with van der Waals surface area (Å²) in [5.74, 6) is -2.31. The van der Waals surface area contributed by atoms with E-state index in [1.807, 2.05) is 24.3 Å². The molecule has 0 spiro atoms. The summed E-state index contributed by atoms with van der Waals surface area (Å²) < 4.78 is 32.5. The molecule has 1 aliphatic carbocycles. The SMILES string of the molecule is CC(C)C(NC(=O)O)C(=O)N1CCC[C@H]1c1ncc(-c2ccc3c(c2)C(F)(F)c2cc(-c4ccc5nc([C@@H]6CCCN6)[nH]c5c4)ccc2-3)[nH]1.Cl.Cl.Cl. The van der Waals surface area contributed by atoms with E-state index in [1.54, 1.807) is 49.2 Å². The van der Waals surface area contributed by atoms with Crippen molar-refractivity contribution in [3.63, 3.8) is 0 Å². The Morgan fingerprint density at radius 2 is 1.58 bits per heavy atom. The molecule has 5 N–H and O–H groups in total. The number of likely N-dealkylation sites (tertiary alicyclic amines) is 1. The maximum Gasteiger partial charge on any atom is 0.405 e. The zero-order chi connectivity index (χ0) is 34.0. The molecule has 3 aromatic carbocycles. The fourth-order valence-corrected chi connectivity index (χ4v) is 7.65. The molecule has 0 radical (unpaired) electrons. The molecule has 52 heavy (non-hydrogen) atoms. The highest BCUT2D eigenvalue weighted by atomic mass is 35.5. The van der Waals surface area contributed by atoms with Gasteiger partial charge in [0.25, 0.3) is 5.92 Å². The molecule has 8 rings (SSSR count). The number of amides is 2. The number of carbonyl (C=O) groups is 2. The largest absolute Gasteiger partial charge is 0.465 e. The van der Waals surface area contributed by atoms with E-state index >= 15 is 8.78 Å². The summed E-state index contributed by atoms with van der Waals surface area (Å²) in [5, 5.41) is 15.1. The molecule has 3 atom stereocenters. The van der Waals surface area contributed by atoms with Crippen LogP contribution < -0.4 is 10.6 Å². The van der Waals surface area contributed by atoms with Crippen LogP contribution in [0.25, 0.3) is 44.5 Å². The van der Waals surface area contributed by atoms with Crippen molar-refractivity contribution in [1.82, 2.24) is 35.5 Å². The van der Waals surface area contributed by atoms with Gasteiger partial charge in [-0.05, 0) is 84.7 Å². The number of hydrogen-bond acceptors (Lipinski definition) is 5. The minimum atomic E-state index is -3.21. The number of nitrogens with zero attached hydrogens (tertiary/aromatic N) is 3. The molecule has 15 heteroatoms. The molecule has 276 valence electrons. The van der Waals surface area contributed by atoms with Crippen LogP contribution in [-0.2, 0) is 10.7 Å². The molecule has 4 heterocycles. The van der Waals surface area contributed by atoms with Crippen molar-refractivity contribution >= 4 is 60.3 Å². The number of halogens is 5. The van der Waals surface area contributed by atoms with Crippen molar-refractivity contribution in [1.29, 1.82) is 0 Å². The topological polar surface area (TPSA) is 139 Å². The molecule has 2 saturated heterocycles. The Labute approximate surface area is 317 Å². The Morgan fingerprint density at radius 1 is 0.904 bits per heavy atom. The van der Waals surface area contributed by atoms with Gasteiger partial charge in [0.15, 0.2) is 0 Å². The lowest BCUT2D eigenvalue weighted by atomic mass is 9.98. The highest BCUT2D eigenvalue weighted by Gasteiger charge is 2.45. The zero-order valence-corrected chi connectivity index (χ0v) is 30.9. The number of rotatable bonds is 7. The van der Waals surface area contributed by atoms with Crippen LogP contribution in [0.2, 0.25) is 0 Å². The number of benzene rings is 3. The summed E-state index contributed by atoms with van der Waals surface area (Å²) in [7, 11) is 0. The van der Waals surface area contributed by atoms with Crippen molar-refractivity contribution < 1.29 is 23.5 Å². The number of aromatic nitrogens is 4. The summed E-state index contributed by atoms with van der Waals surface area (Å²) in [5.41, 5.74) is 5.29. The number of H-pyrrole nitrogens is 2. The van der Waals surface area contributed by atoms with E-state index in [0.717, 1.165) is 48.2 Å². The van der Waals surface area contributed by atoms with Gasteiger partial charge in [-0.3, -0.25) is 4.79 Å². The van der Waals surface area contributed by atoms with Crippen molar-refractivity contribution in [3.05, 3.63) is 83.6 Å². The van der Waals surface area contributed by atoms with Crippen LogP contribution >= 0.6 is 37.2 Å². The molecular weight excluding hydrogens is 735 g/mol. The highest BCUT2D eigenvalue weighted by molar-refractivity contribution is 5.88. The Morgan fingerprint density at radius 3 is 2.25 bits per heavy atom. The highest BCUT2D eigenvalue weighted by Crippen LogP contribution is 2.52. The molecule has 2 aliphatic heterocycles. The van der Waals surface area contributed by atoms with Gasteiger partial charge in [0.2, 0.25) is 5.91 Å². The van der Waals surface area contributed by atoms with E-state index in [9.17, 15) is 14.7 Å². The number of imidazole rings is 2. The summed E-state index contributed by atoms with van der Waals surface area (Å²) in [4.78, 5) is 42.4. The van der Waals surface area contributed by atoms with Gasteiger partial charge in [0.1, 0.15) is 17.7 Å². The smallest absolute Gasteiger partial charge is 0.405 e. The van der Waals surface area contributed by atoms with Gasteiger partial charge >= 0.3 is 6.09 Å². The fraction of sp³-hybridized carbons (Fsp3) is 0.351. The average Bonchev–Trinajstić information content (AvgIpc) is 3.93. The molecule has 2 fully saturated rings. The number of aromatic amines is 2. The van der Waals surface area contributed by atoms with E-state index in [1.165, 1.54) is 6.07 Å². The number of alkyl halides is 2. The summed E-state index contributed by atoms with van der Waals surface area (Å²) in [6.45, 7) is 5.03. The molecule has 0 saturated carbocycles. The van der Waals surface area contributed by atoms with Crippen molar-refractivity contribution in [2.24, 2.45) is 5.92 Å². The number of fused-ring (bicyclic) bond motifs is 4. The molecule has 1 unspecified atom stereocenters. The normalized spacial score (nSPS) is 19.0. The van der Waals surface area contributed by atoms with Crippen LogP contribution in [0, 0.1) is 5.92 Å². The third-order valence-electron chi connectivity index (χ3n) is 10.2. The molecule has 2 amide bonds. The van der Waals surface area contributed by atoms with E-state index in [0.29, 0.717) is 46.7 Å². The summed E-state index contributed by atoms with van der Waals surface area (Å²) >= 11 is 0. The molecule has 2 aromatic heterocycles. The molecule has 0 bridgehead atoms. The molecule has 10 nitrogen and oxygen atoms in total. The van der Waals surface area contributed by atoms with Gasteiger partial charge < -0.3 is 30.6 Å². The minimum Gasteiger partial charge on any atom is -0.465 e. The van der Waals surface area contributed by atoms with Crippen LogP contribution in [0.4, 0.5) is 13.6 Å². The monoisotopic (exact) mass is 773 g/mol. The Hall–Kier alpha value is -4.23. The molecule has 3 aliphatic rings. The first kappa shape index (κ1) is 39.0. The van der Waals surface area contributed by atoms with Crippen LogP contribution in [0.15, 0.2) is 60.8 Å². The predicted molar refractivity (Wildman–Crippen MR) is 203 cm³/mol. The zero-order valence-electron chi connectivity index (χ0n) is 28.4. The van der Waals surface area contributed by atoms with Crippen molar-refractivity contribution in [2.75, 3.05) is 13.1 Å². The van der Waals surface area contributed by atoms with Crippen LogP contribution in [0.1, 0.15) is 74.4 Å². The van der Waals surface area contributed by atoms with Crippen molar-refractivity contribution in [3.8, 4) is 33.5 Å². The van der Waals surface area contributed by atoms with Gasteiger partial charge in [0.05, 0.1) is 35.0 Å². The van der Waals surface area contributed by atoms with E-state index in [-0.39, 0.29) is 72.3 Å². The number of hydrogen-bond donors (Lipinski definition) is 5. The maximum atomic E-state index is 16.2. The third-order valence-corrected chi connectivity index (χ3v) is 10.2. The predicted octanol–water partition coefficient (Wildman–Crippen LogP) is 8.39. The lowest BCUT2D eigenvalue weighted by Crippen LogP contribution is -2.50. The fourth-order valence-electron chi connectivity index (χ4n) is 7.65. The number of carbonyl (C=O) groups excluding carboxylic acids is 1. The first-order chi connectivity index (χ1) is 23.6. The van der Waals surface area contributed by atoms with Crippen molar-refractivity contribution in [2.45, 2.75) is 63.6 Å². The second kappa shape index (κ2) is 15.0. The minimum absolute atomic E-state index is 0. The summed E-state index contributed by atoms with van der Waals surface area (Å²) in [6.07, 6.45) is 3.89.